The molecule has 0 aliphatic heterocycles. The van der Waals surface area contributed by atoms with E-state index in [2.05, 4.69) is 4.72 Å². The molecule has 2 rings (SSSR count). The summed E-state index contributed by atoms with van der Waals surface area (Å²) in [6.07, 6.45) is 1.70. The van der Waals surface area contributed by atoms with Crippen molar-refractivity contribution in [2.75, 3.05) is 5.73 Å². The molecule has 0 amide bonds. The molecule has 1 saturated carbocycles. The molecule has 7 nitrogen and oxygen atoms in total. The maximum absolute atomic E-state index is 12.1. The molecule has 1 fully saturated rings. The monoisotopic (exact) mass is 285 g/mol. The van der Waals surface area contributed by atoms with Gasteiger partial charge in [-0.3, -0.25) is 10.1 Å². The standard InChI is InChI=1S/C11H15N3O4S/c1-2-7-5-10(7)13-19(17,18)11-6-8(14(15)16)3-4-9(11)12/h3-4,6-7,10,13H,2,5,12H2,1H3. The Morgan fingerprint density at radius 3 is 2.74 bits per heavy atom. The van der Waals surface area contributed by atoms with Crippen LogP contribution < -0.4 is 10.5 Å². The lowest BCUT2D eigenvalue weighted by Crippen LogP contribution is -2.27. The summed E-state index contributed by atoms with van der Waals surface area (Å²) in [7, 11) is -3.81. The Morgan fingerprint density at radius 2 is 2.21 bits per heavy atom. The summed E-state index contributed by atoms with van der Waals surface area (Å²) >= 11 is 0. The van der Waals surface area contributed by atoms with E-state index in [-0.39, 0.29) is 22.3 Å². The van der Waals surface area contributed by atoms with Crippen LogP contribution in [0.4, 0.5) is 11.4 Å². The fourth-order valence-electron chi connectivity index (χ4n) is 1.98. The highest BCUT2D eigenvalue weighted by molar-refractivity contribution is 7.89. The Hall–Kier alpha value is -1.67. The summed E-state index contributed by atoms with van der Waals surface area (Å²) in [5.74, 6) is 0.342. The zero-order chi connectivity index (χ0) is 14.2. The maximum Gasteiger partial charge on any atom is 0.270 e. The number of nitro benzene ring substituents is 1. The van der Waals surface area contributed by atoms with Gasteiger partial charge >= 0.3 is 0 Å². The summed E-state index contributed by atoms with van der Waals surface area (Å²) in [4.78, 5) is 9.79. The van der Waals surface area contributed by atoms with Gasteiger partial charge < -0.3 is 5.73 Å². The van der Waals surface area contributed by atoms with E-state index in [0.29, 0.717) is 5.92 Å². The van der Waals surface area contributed by atoms with E-state index in [0.717, 1.165) is 18.9 Å². The third-order valence-corrected chi connectivity index (χ3v) is 4.80. The average Bonchev–Trinajstić information content (AvgIpc) is 3.06. The Bertz CT molecular complexity index is 614. The van der Waals surface area contributed by atoms with E-state index < -0.39 is 14.9 Å². The molecule has 1 aromatic rings. The molecular formula is C11H15N3O4S. The number of sulfonamides is 1. The summed E-state index contributed by atoms with van der Waals surface area (Å²) < 4.78 is 26.8. The zero-order valence-electron chi connectivity index (χ0n) is 10.4. The molecule has 3 N–H and O–H groups in total. The predicted octanol–water partition coefficient (Wildman–Crippen LogP) is 1.25. The van der Waals surface area contributed by atoms with Gasteiger partial charge in [0.25, 0.3) is 5.69 Å². The molecule has 0 spiro atoms. The molecule has 1 aromatic carbocycles. The summed E-state index contributed by atoms with van der Waals surface area (Å²) in [6, 6.07) is 3.31. The van der Waals surface area contributed by atoms with Crippen LogP contribution in [0.2, 0.25) is 0 Å². The van der Waals surface area contributed by atoms with Gasteiger partial charge in [-0.2, -0.15) is 0 Å². The van der Waals surface area contributed by atoms with Crippen molar-refractivity contribution in [1.29, 1.82) is 0 Å². The Morgan fingerprint density at radius 1 is 1.53 bits per heavy atom. The second-order valence-corrected chi connectivity index (χ2v) is 6.29. The first kappa shape index (κ1) is 13.8. The van der Waals surface area contributed by atoms with E-state index in [4.69, 9.17) is 5.73 Å². The van der Waals surface area contributed by atoms with Crippen molar-refractivity contribution in [2.45, 2.75) is 30.7 Å². The Balaban J connectivity index is 2.29. The van der Waals surface area contributed by atoms with Crippen molar-refractivity contribution < 1.29 is 13.3 Å². The molecule has 2 unspecified atom stereocenters. The highest BCUT2D eigenvalue weighted by Crippen LogP contribution is 2.35. The van der Waals surface area contributed by atoms with Gasteiger partial charge in [0.1, 0.15) is 4.90 Å². The van der Waals surface area contributed by atoms with Crippen molar-refractivity contribution in [1.82, 2.24) is 4.72 Å². The van der Waals surface area contributed by atoms with Crippen molar-refractivity contribution in [3.8, 4) is 0 Å². The van der Waals surface area contributed by atoms with E-state index in [1.807, 2.05) is 6.92 Å². The number of nitrogens with zero attached hydrogens (tertiary/aromatic N) is 1. The summed E-state index contributed by atoms with van der Waals surface area (Å²) in [5.41, 5.74) is 5.31. The third kappa shape index (κ3) is 2.85. The number of non-ortho nitro benzene ring substituents is 1. The van der Waals surface area contributed by atoms with Gasteiger partial charge in [0.15, 0.2) is 0 Å². The summed E-state index contributed by atoms with van der Waals surface area (Å²) in [6.45, 7) is 1.99. The molecule has 0 heterocycles. The van der Waals surface area contributed by atoms with E-state index in [9.17, 15) is 18.5 Å². The minimum absolute atomic E-state index is 0.00629. The van der Waals surface area contributed by atoms with Crippen molar-refractivity contribution >= 4 is 21.4 Å². The van der Waals surface area contributed by atoms with Gasteiger partial charge in [-0.15, -0.1) is 0 Å². The number of nitrogens with two attached hydrogens (primary N) is 1. The smallest absolute Gasteiger partial charge is 0.270 e. The summed E-state index contributed by atoms with van der Waals surface area (Å²) in [5, 5.41) is 10.7. The maximum atomic E-state index is 12.1. The van der Waals surface area contributed by atoms with Gasteiger partial charge in [0.2, 0.25) is 10.0 Å². The third-order valence-electron chi connectivity index (χ3n) is 3.25. The number of nitro groups is 1. The van der Waals surface area contributed by atoms with Gasteiger partial charge in [-0.05, 0) is 18.4 Å². The first-order valence-electron chi connectivity index (χ1n) is 5.91. The van der Waals surface area contributed by atoms with Crippen LogP contribution in [-0.2, 0) is 10.0 Å². The Labute approximate surface area is 111 Å². The lowest BCUT2D eigenvalue weighted by atomic mass is 10.3. The van der Waals surface area contributed by atoms with Gasteiger partial charge in [-0.25, -0.2) is 13.1 Å². The number of rotatable bonds is 5. The minimum Gasteiger partial charge on any atom is -0.398 e. The number of nitrogens with one attached hydrogen (secondary N) is 1. The minimum atomic E-state index is -3.81. The van der Waals surface area contributed by atoms with Crippen LogP contribution in [0.5, 0.6) is 0 Å². The van der Waals surface area contributed by atoms with Gasteiger partial charge in [0, 0.05) is 18.2 Å². The lowest BCUT2D eigenvalue weighted by molar-refractivity contribution is -0.385. The molecule has 2 atom stereocenters. The fourth-order valence-corrected chi connectivity index (χ4v) is 3.44. The van der Waals surface area contributed by atoms with Gasteiger partial charge in [0.05, 0.1) is 10.6 Å². The molecule has 1 aliphatic rings. The second kappa shape index (κ2) is 4.78. The van der Waals surface area contributed by atoms with E-state index in [1.165, 1.54) is 12.1 Å². The predicted molar refractivity (Wildman–Crippen MR) is 70.0 cm³/mol. The van der Waals surface area contributed by atoms with Crippen LogP contribution in [0.1, 0.15) is 19.8 Å². The molecule has 0 saturated heterocycles. The number of nitrogen functional groups attached to an aromatic ring is 1. The normalized spacial score (nSPS) is 22.2. The molecular weight excluding hydrogens is 270 g/mol. The molecule has 104 valence electrons. The van der Waals surface area contributed by atoms with Gasteiger partial charge in [-0.1, -0.05) is 13.3 Å². The zero-order valence-corrected chi connectivity index (χ0v) is 11.2. The van der Waals surface area contributed by atoms with Crippen LogP contribution in [-0.4, -0.2) is 19.4 Å². The van der Waals surface area contributed by atoms with Crippen LogP contribution in [0.15, 0.2) is 23.1 Å². The molecule has 0 aromatic heterocycles. The van der Waals surface area contributed by atoms with Crippen LogP contribution in [0.25, 0.3) is 0 Å². The molecule has 0 bridgehead atoms. The number of benzene rings is 1. The molecule has 0 radical (unpaired) electrons. The molecule has 19 heavy (non-hydrogen) atoms. The van der Waals surface area contributed by atoms with Crippen LogP contribution in [0, 0.1) is 16.0 Å². The highest BCUT2D eigenvalue weighted by Gasteiger charge is 2.39. The first-order valence-corrected chi connectivity index (χ1v) is 7.39. The van der Waals surface area contributed by atoms with Crippen LogP contribution >= 0.6 is 0 Å². The largest absolute Gasteiger partial charge is 0.398 e. The topological polar surface area (TPSA) is 115 Å². The highest BCUT2D eigenvalue weighted by atomic mass is 32.2. The van der Waals surface area contributed by atoms with Crippen molar-refractivity contribution in [3.05, 3.63) is 28.3 Å². The van der Waals surface area contributed by atoms with E-state index >= 15 is 0 Å². The van der Waals surface area contributed by atoms with Crippen molar-refractivity contribution in [3.63, 3.8) is 0 Å². The fraction of sp³-hybridized carbons (Fsp3) is 0.455. The molecule has 8 heteroatoms. The molecule has 1 aliphatic carbocycles. The Kier molecular flexibility index (Phi) is 3.46. The number of hydrogen-bond acceptors (Lipinski definition) is 5. The number of anilines is 1. The van der Waals surface area contributed by atoms with E-state index in [1.54, 1.807) is 0 Å². The first-order chi connectivity index (χ1) is 8.85. The number of hydrogen-bond donors (Lipinski definition) is 2. The average molecular weight is 285 g/mol. The SMILES string of the molecule is CCC1CC1NS(=O)(=O)c1cc([N+](=O)[O-])ccc1N. The second-order valence-electron chi connectivity index (χ2n) is 4.61. The quantitative estimate of drug-likeness (QED) is 0.480. The van der Waals surface area contributed by atoms with Crippen LogP contribution in [0.3, 0.4) is 0 Å². The van der Waals surface area contributed by atoms with Crippen molar-refractivity contribution in [2.24, 2.45) is 5.92 Å². The lowest BCUT2D eigenvalue weighted by Gasteiger charge is -2.08.